The lowest BCUT2D eigenvalue weighted by molar-refractivity contribution is -0.136. The fraction of sp³-hybridized carbons (Fsp3) is 0.643. The van der Waals surface area contributed by atoms with Crippen LogP contribution in [0.5, 0.6) is 0 Å². The third-order valence-corrected chi connectivity index (χ3v) is 4.66. The Hall–Kier alpha value is -1.65. The Morgan fingerprint density at radius 3 is 2.74 bits per heavy atom. The number of carboxylic acid groups (broad SMARTS) is 1. The van der Waals surface area contributed by atoms with Gasteiger partial charge in [-0.1, -0.05) is 6.42 Å². The first kappa shape index (κ1) is 12.4. The molecule has 19 heavy (non-hydrogen) atoms. The third kappa shape index (κ3) is 2.17. The maximum atomic E-state index is 12.0. The predicted octanol–water partition coefficient (Wildman–Crippen LogP) is 1.61. The summed E-state index contributed by atoms with van der Waals surface area (Å²) in [7, 11) is 0. The molecule has 0 aromatic carbocycles. The van der Waals surface area contributed by atoms with Crippen molar-refractivity contribution in [3.05, 3.63) is 27.4 Å². The summed E-state index contributed by atoms with van der Waals surface area (Å²) < 4.78 is 0. The van der Waals surface area contributed by atoms with Gasteiger partial charge >= 0.3 is 5.97 Å². The molecule has 0 radical (unpaired) electrons. The minimum absolute atomic E-state index is 0.259. The van der Waals surface area contributed by atoms with E-state index >= 15 is 0 Å². The van der Waals surface area contributed by atoms with Crippen LogP contribution in [0.4, 0.5) is 0 Å². The molecule has 5 heteroatoms. The van der Waals surface area contributed by atoms with Crippen molar-refractivity contribution in [2.45, 2.75) is 44.9 Å². The summed E-state index contributed by atoms with van der Waals surface area (Å²) in [6.45, 7) is 1.73. The summed E-state index contributed by atoms with van der Waals surface area (Å²) in [6.07, 6.45) is 4.65. The van der Waals surface area contributed by atoms with Crippen LogP contribution in [-0.4, -0.2) is 21.0 Å². The van der Waals surface area contributed by atoms with Crippen LogP contribution in [0.25, 0.3) is 0 Å². The van der Waals surface area contributed by atoms with Crippen LogP contribution in [0.3, 0.4) is 0 Å². The van der Waals surface area contributed by atoms with Crippen LogP contribution < -0.4 is 5.56 Å². The van der Waals surface area contributed by atoms with Crippen molar-refractivity contribution in [1.82, 2.24) is 9.97 Å². The Morgan fingerprint density at radius 2 is 2.21 bits per heavy atom. The Labute approximate surface area is 111 Å². The van der Waals surface area contributed by atoms with Crippen molar-refractivity contribution in [2.75, 3.05) is 0 Å². The molecule has 2 N–H and O–H groups in total. The average Bonchev–Trinajstić information content (AvgIpc) is 2.95. The van der Waals surface area contributed by atoms with Crippen molar-refractivity contribution < 1.29 is 9.90 Å². The molecule has 0 amide bonds. The van der Waals surface area contributed by atoms with Gasteiger partial charge in [-0.15, -0.1) is 0 Å². The van der Waals surface area contributed by atoms with Gasteiger partial charge in [0.25, 0.3) is 5.56 Å². The smallest absolute Gasteiger partial charge is 0.308 e. The summed E-state index contributed by atoms with van der Waals surface area (Å²) >= 11 is 0. The molecule has 2 aliphatic rings. The molecule has 2 aliphatic carbocycles. The summed E-state index contributed by atoms with van der Waals surface area (Å²) in [4.78, 5) is 30.0. The molecule has 102 valence electrons. The highest BCUT2D eigenvalue weighted by Crippen LogP contribution is 2.51. The quantitative estimate of drug-likeness (QED) is 0.866. The normalized spacial score (nSPS) is 28.8. The average molecular weight is 262 g/mol. The number of rotatable bonds is 3. The summed E-state index contributed by atoms with van der Waals surface area (Å²) in [5.74, 6) is 1.58. The van der Waals surface area contributed by atoms with Crippen LogP contribution in [0.1, 0.15) is 48.7 Å². The topological polar surface area (TPSA) is 83.0 Å². The standard InChI is InChI=1S/C14H18N2O3/c1-7-10(6-12(17)18)14(19)16-13(15-7)11-5-8-2-3-9(11)4-8/h8-9,11H,2-6H2,1H3,(H,17,18)(H,15,16,19). The highest BCUT2D eigenvalue weighted by molar-refractivity contribution is 5.70. The zero-order valence-corrected chi connectivity index (χ0v) is 11.0. The molecule has 1 heterocycles. The van der Waals surface area contributed by atoms with E-state index in [1.54, 1.807) is 6.92 Å². The third-order valence-electron chi connectivity index (χ3n) is 4.66. The van der Waals surface area contributed by atoms with Gasteiger partial charge in [-0.3, -0.25) is 9.59 Å². The van der Waals surface area contributed by atoms with E-state index in [1.807, 2.05) is 0 Å². The number of aryl methyl sites for hydroxylation is 1. The molecular formula is C14H18N2O3. The SMILES string of the molecule is Cc1nc(C2CC3CCC2C3)[nH]c(=O)c1CC(=O)O. The highest BCUT2D eigenvalue weighted by Gasteiger charge is 2.41. The number of H-pyrrole nitrogens is 1. The molecule has 3 atom stereocenters. The molecule has 2 fully saturated rings. The Kier molecular flexibility index (Phi) is 2.92. The Bertz CT molecular complexity index is 579. The molecule has 1 aromatic heterocycles. The number of hydrogen-bond acceptors (Lipinski definition) is 3. The van der Waals surface area contributed by atoms with Crippen molar-refractivity contribution >= 4 is 5.97 Å². The molecule has 1 aromatic rings. The van der Waals surface area contributed by atoms with E-state index in [0.717, 1.165) is 18.2 Å². The van der Waals surface area contributed by atoms with Gasteiger partial charge in [0.1, 0.15) is 5.82 Å². The molecule has 2 saturated carbocycles. The number of carboxylic acids is 1. The number of aliphatic carboxylic acids is 1. The monoisotopic (exact) mass is 262 g/mol. The number of nitrogens with zero attached hydrogens (tertiary/aromatic N) is 1. The van der Waals surface area contributed by atoms with Gasteiger partial charge in [-0.25, -0.2) is 4.98 Å². The molecular weight excluding hydrogens is 244 g/mol. The first-order valence-corrected chi connectivity index (χ1v) is 6.86. The largest absolute Gasteiger partial charge is 0.481 e. The lowest BCUT2D eigenvalue weighted by atomic mass is 9.88. The second-order valence-corrected chi connectivity index (χ2v) is 5.87. The van der Waals surface area contributed by atoms with Gasteiger partial charge in [0, 0.05) is 17.2 Å². The van der Waals surface area contributed by atoms with E-state index in [1.165, 1.54) is 19.3 Å². The van der Waals surface area contributed by atoms with E-state index < -0.39 is 5.97 Å². The number of carbonyl (C=O) groups is 1. The number of nitrogens with one attached hydrogen (secondary N) is 1. The molecule has 2 bridgehead atoms. The van der Waals surface area contributed by atoms with Crippen LogP contribution in [-0.2, 0) is 11.2 Å². The molecule has 3 rings (SSSR count). The molecule has 5 nitrogen and oxygen atoms in total. The van der Waals surface area contributed by atoms with Gasteiger partial charge in [0.05, 0.1) is 6.42 Å². The van der Waals surface area contributed by atoms with E-state index in [-0.39, 0.29) is 17.5 Å². The van der Waals surface area contributed by atoms with Crippen molar-refractivity contribution in [2.24, 2.45) is 11.8 Å². The minimum Gasteiger partial charge on any atom is -0.481 e. The Morgan fingerprint density at radius 1 is 1.42 bits per heavy atom. The molecule has 0 saturated heterocycles. The summed E-state index contributed by atoms with van der Waals surface area (Å²) in [5, 5.41) is 8.80. The first-order valence-electron chi connectivity index (χ1n) is 6.86. The van der Waals surface area contributed by atoms with E-state index in [2.05, 4.69) is 9.97 Å². The second kappa shape index (κ2) is 4.47. The van der Waals surface area contributed by atoms with Gasteiger partial charge in [-0.05, 0) is 38.0 Å². The Balaban J connectivity index is 1.92. The minimum atomic E-state index is -0.997. The maximum Gasteiger partial charge on any atom is 0.308 e. The lowest BCUT2D eigenvalue weighted by Gasteiger charge is -2.21. The van der Waals surface area contributed by atoms with Gasteiger partial charge in [-0.2, -0.15) is 0 Å². The zero-order chi connectivity index (χ0) is 13.6. The molecule has 3 unspecified atom stereocenters. The van der Waals surface area contributed by atoms with E-state index in [0.29, 0.717) is 17.5 Å². The maximum absolute atomic E-state index is 12.0. The number of aromatic amines is 1. The van der Waals surface area contributed by atoms with Crippen molar-refractivity contribution in [1.29, 1.82) is 0 Å². The van der Waals surface area contributed by atoms with Gasteiger partial charge in [0.2, 0.25) is 0 Å². The number of hydrogen-bond donors (Lipinski definition) is 2. The summed E-state index contributed by atoms with van der Waals surface area (Å²) in [5.41, 5.74) is 0.552. The van der Waals surface area contributed by atoms with Crippen LogP contribution in [0.2, 0.25) is 0 Å². The van der Waals surface area contributed by atoms with Gasteiger partial charge < -0.3 is 10.1 Å². The molecule has 0 spiro atoms. The zero-order valence-electron chi connectivity index (χ0n) is 11.0. The van der Waals surface area contributed by atoms with Crippen LogP contribution in [0, 0.1) is 18.8 Å². The fourth-order valence-corrected chi connectivity index (χ4v) is 3.75. The number of fused-ring (bicyclic) bond motifs is 2. The first-order chi connectivity index (χ1) is 9.04. The predicted molar refractivity (Wildman–Crippen MR) is 69.1 cm³/mol. The van der Waals surface area contributed by atoms with Crippen LogP contribution in [0.15, 0.2) is 4.79 Å². The summed E-state index contributed by atoms with van der Waals surface area (Å²) in [6, 6.07) is 0. The fourth-order valence-electron chi connectivity index (χ4n) is 3.75. The second-order valence-electron chi connectivity index (χ2n) is 5.87. The van der Waals surface area contributed by atoms with Gasteiger partial charge in [0.15, 0.2) is 0 Å². The van der Waals surface area contributed by atoms with Crippen molar-refractivity contribution in [3.63, 3.8) is 0 Å². The lowest BCUT2D eigenvalue weighted by Crippen LogP contribution is -2.24. The number of aromatic nitrogens is 2. The van der Waals surface area contributed by atoms with E-state index in [9.17, 15) is 9.59 Å². The molecule has 0 aliphatic heterocycles. The highest BCUT2D eigenvalue weighted by atomic mass is 16.4. The van der Waals surface area contributed by atoms with Crippen LogP contribution >= 0.6 is 0 Å². The van der Waals surface area contributed by atoms with E-state index in [4.69, 9.17) is 5.11 Å². The van der Waals surface area contributed by atoms with Crippen molar-refractivity contribution in [3.8, 4) is 0 Å².